The molecule has 0 amide bonds. The van der Waals surface area contributed by atoms with Crippen LogP contribution in [0.2, 0.25) is 0 Å². The number of benzene rings is 10. The van der Waals surface area contributed by atoms with E-state index in [0.717, 1.165) is 11.4 Å². The molecule has 290 valence electrons. The van der Waals surface area contributed by atoms with Crippen LogP contribution in [0.5, 0.6) is 0 Å². The van der Waals surface area contributed by atoms with E-state index in [2.05, 4.69) is 252 Å². The van der Waals surface area contributed by atoms with E-state index in [1.54, 1.807) is 0 Å². The Morgan fingerprint density at radius 3 is 0.968 bits per heavy atom. The van der Waals surface area contributed by atoms with Crippen LogP contribution in [0.1, 0.15) is 0 Å². The Balaban J connectivity index is 1.02. The summed E-state index contributed by atoms with van der Waals surface area (Å²) in [5, 5.41) is 5.06. The Kier molecular flexibility index (Phi) is 8.53. The van der Waals surface area contributed by atoms with Crippen LogP contribution in [-0.4, -0.2) is 9.13 Å². The molecule has 0 unspecified atom stereocenters. The maximum absolute atomic E-state index is 2.39. The van der Waals surface area contributed by atoms with Gasteiger partial charge >= 0.3 is 0 Å². The molecular weight excluding hydrogens is 749 g/mol. The number of hydrogen-bond acceptors (Lipinski definition) is 0. The van der Waals surface area contributed by atoms with Crippen molar-refractivity contribution in [3.05, 3.63) is 243 Å². The van der Waals surface area contributed by atoms with Gasteiger partial charge < -0.3 is 9.13 Å². The summed E-state index contributed by atoms with van der Waals surface area (Å²) in [5.41, 5.74) is 19.0. The van der Waals surface area contributed by atoms with Crippen molar-refractivity contribution in [2.45, 2.75) is 0 Å². The van der Waals surface area contributed by atoms with Crippen molar-refractivity contribution in [1.29, 1.82) is 0 Å². The SMILES string of the molecule is c1ccc(-c2cc(-c3ccccc3)cc(-c3cc(-c4ccc(-n5c6ccccc6c6ccccc65)cc4)ccc3-c3ccc(-n4c5ccccc5c5ccccc54)cc3)c2)cc1. The topological polar surface area (TPSA) is 9.86 Å². The van der Waals surface area contributed by atoms with E-state index in [9.17, 15) is 0 Å². The largest absolute Gasteiger partial charge is 0.309 e. The highest BCUT2D eigenvalue weighted by atomic mass is 15.0. The van der Waals surface area contributed by atoms with Crippen molar-refractivity contribution in [2.75, 3.05) is 0 Å². The lowest BCUT2D eigenvalue weighted by atomic mass is 9.88. The maximum atomic E-state index is 2.39. The molecule has 0 aliphatic heterocycles. The fourth-order valence-corrected chi connectivity index (χ4v) is 9.59. The number of hydrogen-bond donors (Lipinski definition) is 0. The van der Waals surface area contributed by atoms with E-state index in [-0.39, 0.29) is 0 Å². The second-order valence-electron chi connectivity index (χ2n) is 16.1. The number of para-hydroxylation sites is 4. The summed E-state index contributed by atoms with van der Waals surface area (Å²) < 4.78 is 4.77. The van der Waals surface area contributed by atoms with Crippen molar-refractivity contribution in [3.8, 4) is 67.0 Å². The third-order valence-electron chi connectivity index (χ3n) is 12.5. The van der Waals surface area contributed by atoms with Crippen molar-refractivity contribution in [3.63, 3.8) is 0 Å². The van der Waals surface area contributed by atoms with E-state index >= 15 is 0 Å². The highest BCUT2D eigenvalue weighted by Gasteiger charge is 2.17. The van der Waals surface area contributed by atoms with Gasteiger partial charge in [-0.15, -0.1) is 0 Å². The highest BCUT2D eigenvalue weighted by Crippen LogP contribution is 2.41. The molecule has 0 saturated carbocycles. The summed E-state index contributed by atoms with van der Waals surface area (Å²) in [5.74, 6) is 0. The molecule has 0 atom stereocenters. The maximum Gasteiger partial charge on any atom is 0.0541 e. The first-order valence-electron chi connectivity index (χ1n) is 21.3. The second kappa shape index (κ2) is 14.8. The lowest BCUT2D eigenvalue weighted by molar-refractivity contribution is 1.18. The molecular formula is C60H40N2. The van der Waals surface area contributed by atoms with E-state index < -0.39 is 0 Å². The van der Waals surface area contributed by atoms with Gasteiger partial charge in [0.05, 0.1) is 22.1 Å². The quantitative estimate of drug-likeness (QED) is 0.152. The Bertz CT molecular complexity index is 3430. The van der Waals surface area contributed by atoms with Crippen LogP contribution in [0.3, 0.4) is 0 Å². The Morgan fingerprint density at radius 1 is 0.194 bits per heavy atom. The van der Waals surface area contributed by atoms with Gasteiger partial charge in [0, 0.05) is 32.9 Å². The standard InChI is InChI=1S/C60H40N2/c1-3-15-41(16-4-1)46-37-47(42-17-5-2-6-18-42)39-48(38-46)56-40-45(43-27-32-49(33-28-43)61-57-23-11-7-19-52(57)53-20-8-12-24-58(53)61)31-36-51(56)44-29-34-50(35-30-44)62-59-25-13-9-21-54(59)55-22-10-14-26-60(55)62/h1-40H. The molecule has 0 aliphatic rings. The van der Waals surface area contributed by atoms with Gasteiger partial charge in [0.1, 0.15) is 0 Å². The van der Waals surface area contributed by atoms with Crippen molar-refractivity contribution in [2.24, 2.45) is 0 Å². The number of nitrogens with zero attached hydrogens (tertiary/aromatic N) is 2. The molecule has 0 aliphatic carbocycles. The van der Waals surface area contributed by atoms with Gasteiger partial charge in [-0.1, -0.05) is 170 Å². The molecule has 0 bridgehead atoms. The zero-order valence-electron chi connectivity index (χ0n) is 34.0. The molecule has 12 rings (SSSR count). The molecule has 0 spiro atoms. The fraction of sp³-hybridized carbons (Fsp3) is 0. The molecule has 0 radical (unpaired) electrons. The van der Waals surface area contributed by atoms with Crippen molar-refractivity contribution in [1.82, 2.24) is 9.13 Å². The van der Waals surface area contributed by atoms with E-state index in [4.69, 9.17) is 0 Å². The molecule has 10 aromatic carbocycles. The first-order chi connectivity index (χ1) is 30.7. The Labute approximate surface area is 360 Å². The average Bonchev–Trinajstić information content (AvgIpc) is 3.87. The first-order valence-corrected chi connectivity index (χ1v) is 21.3. The van der Waals surface area contributed by atoms with Crippen LogP contribution in [0, 0.1) is 0 Å². The predicted octanol–water partition coefficient (Wildman–Crippen LogP) is 16.2. The van der Waals surface area contributed by atoms with Crippen molar-refractivity contribution < 1.29 is 0 Å². The zero-order chi connectivity index (χ0) is 41.0. The van der Waals surface area contributed by atoms with Gasteiger partial charge in [-0.3, -0.25) is 0 Å². The molecule has 2 heterocycles. The van der Waals surface area contributed by atoms with Crippen LogP contribution < -0.4 is 0 Å². The Hall–Kier alpha value is -8.20. The lowest BCUT2D eigenvalue weighted by Crippen LogP contribution is -1.95. The van der Waals surface area contributed by atoms with E-state index in [1.165, 1.54) is 99.2 Å². The van der Waals surface area contributed by atoms with Crippen LogP contribution in [0.4, 0.5) is 0 Å². The molecule has 2 heteroatoms. The summed E-state index contributed by atoms with van der Waals surface area (Å²) in [6.45, 7) is 0. The monoisotopic (exact) mass is 788 g/mol. The van der Waals surface area contributed by atoms with Gasteiger partial charge in [0.25, 0.3) is 0 Å². The third-order valence-corrected chi connectivity index (χ3v) is 12.5. The molecule has 0 fully saturated rings. The summed E-state index contributed by atoms with van der Waals surface area (Å²) >= 11 is 0. The normalized spacial score (nSPS) is 11.5. The van der Waals surface area contributed by atoms with E-state index in [1.807, 2.05) is 0 Å². The van der Waals surface area contributed by atoms with Gasteiger partial charge in [-0.05, 0) is 128 Å². The second-order valence-corrected chi connectivity index (χ2v) is 16.1. The fourth-order valence-electron chi connectivity index (χ4n) is 9.59. The van der Waals surface area contributed by atoms with Gasteiger partial charge in [-0.25, -0.2) is 0 Å². The van der Waals surface area contributed by atoms with Crippen LogP contribution in [-0.2, 0) is 0 Å². The molecule has 0 saturated heterocycles. The molecule has 2 aromatic heterocycles. The molecule has 2 nitrogen and oxygen atoms in total. The summed E-state index contributed by atoms with van der Waals surface area (Å²) in [7, 11) is 0. The van der Waals surface area contributed by atoms with Gasteiger partial charge in [0.2, 0.25) is 0 Å². The zero-order valence-corrected chi connectivity index (χ0v) is 34.0. The Morgan fingerprint density at radius 2 is 0.532 bits per heavy atom. The smallest absolute Gasteiger partial charge is 0.0541 e. The third kappa shape index (κ3) is 6.04. The van der Waals surface area contributed by atoms with Crippen LogP contribution >= 0.6 is 0 Å². The molecule has 62 heavy (non-hydrogen) atoms. The molecule has 0 N–H and O–H groups in total. The highest BCUT2D eigenvalue weighted by molar-refractivity contribution is 6.10. The minimum atomic E-state index is 1.14. The minimum Gasteiger partial charge on any atom is -0.309 e. The van der Waals surface area contributed by atoms with Crippen LogP contribution in [0.15, 0.2) is 243 Å². The van der Waals surface area contributed by atoms with Gasteiger partial charge in [-0.2, -0.15) is 0 Å². The number of rotatable bonds is 7. The number of fused-ring (bicyclic) bond motifs is 6. The number of aromatic nitrogens is 2. The molecule has 12 aromatic rings. The lowest BCUT2D eigenvalue weighted by Gasteiger charge is -2.17. The van der Waals surface area contributed by atoms with E-state index in [0.29, 0.717) is 0 Å². The van der Waals surface area contributed by atoms with Gasteiger partial charge in [0.15, 0.2) is 0 Å². The van der Waals surface area contributed by atoms with Crippen LogP contribution in [0.25, 0.3) is 111 Å². The summed E-state index contributed by atoms with van der Waals surface area (Å²) in [6.07, 6.45) is 0. The summed E-state index contributed by atoms with van der Waals surface area (Å²) in [4.78, 5) is 0. The van der Waals surface area contributed by atoms with Crippen molar-refractivity contribution >= 4 is 43.6 Å². The minimum absolute atomic E-state index is 1.14. The average molecular weight is 789 g/mol. The predicted molar refractivity (Wildman–Crippen MR) is 262 cm³/mol. The summed E-state index contributed by atoms with van der Waals surface area (Å²) in [6, 6.07) is 88.5. The first kappa shape index (κ1) is 35.7.